The second-order valence-corrected chi connectivity index (χ2v) is 3.51. The minimum Gasteiger partial charge on any atom is -0.371 e. The third kappa shape index (κ3) is 3.30. The van der Waals surface area contributed by atoms with Crippen LogP contribution in [0, 0.1) is 5.92 Å². The summed E-state index contributed by atoms with van der Waals surface area (Å²) < 4.78 is 5.71. The maximum absolute atomic E-state index is 5.71. The lowest BCUT2D eigenvalue weighted by atomic mass is 9.83. The van der Waals surface area contributed by atoms with E-state index in [2.05, 4.69) is 32.6 Å². The molecule has 0 radical (unpaired) electrons. The van der Waals surface area contributed by atoms with Crippen LogP contribution in [-0.4, -0.2) is 12.2 Å². The van der Waals surface area contributed by atoms with E-state index >= 15 is 0 Å². The number of allylic oxidation sites excluding steroid dienone is 1. The van der Waals surface area contributed by atoms with Crippen LogP contribution in [0.2, 0.25) is 0 Å². The van der Waals surface area contributed by atoms with Crippen molar-refractivity contribution in [3.8, 4) is 0 Å². The second-order valence-electron chi connectivity index (χ2n) is 3.51. The zero-order chi connectivity index (χ0) is 11.0. The Labute approximate surface area is 88.9 Å². The molecule has 0 bridgehead atoms. The zero-order valence-corrected chi connectivity index (χ0v) is 10.0. The molecule has 1 aliphatic heterocycles. The number of ether oxygens (including phenoxy) is 1. The van der Waals surface area contributed by atoms with E-state index in [4.69, 9.17) is 4.74 Å². The van der Waals surface area contributed by atoms with Crippen molar-refractivity contribution in [2.75, 3.05) is 6.61 Å². The van der Waals surface area contributed by atoms with Crippen LogP contribution in [0.5, 0.6) is 0 Å². The van der Waals surface area contributed by atoms with Gasteiger partial charge in [0.15, 0.2) is 0 Å². The molecule has 0 N–H and O–H groups in total. The predicted octanol–water partition coefficient (Wildman–Crippen LogP) is 3.96. The summed E-state index contributed by atoms with van der Waals surface area (Å²) in [5.74, 6) is 0.508. The molecule has 14 heavy (non-hydrogen) atoms. The summed E-state index contributed by atoms with van der Waals surface area (Å²) in [6.45, 7) is 12.9. The van der Waals surface area contributed by atoms with Gasteiger partial charge in [-0.05, 0) is 26.7 Å². The molecule has 0 aromatic heterocycles. The molecule has 1 nitrogen and oxygen atoms in total. The Hall–Kier alpha value is -0.560. The van der Waals surface area contributed by atoms with Crippen molar-refractivity contribution in [2.45, 2.75) is 46.1 Å². The van der Waals surface area contributed by atoms with E-state index in [1.807, 2.05) is 19.9 Å². The standard InChI is InChI=1S/C11H18O.C2H6/c1-4-7-10-8-6-9-12-11(10,3)5-2;1-2/h4-5,7,10H,2,6,8-9H2,1,3H3;1-2H3/b7-4-;. The Morgan fingerprint density at radius 2 is 2.07 bits per heavy atom. The quantitative estimate of drug-likeness (QED) is 0.607. The van der Waals surface area contributed by atoms with E-state index in [9.17, 15) is 0 Å². The van der Waals surface area contributed by atoms with Crippen molar-refractivity contribution >= 4 is 0 Å². The van der Waals surface area contributed by atoms with Gasteiger partial charge in [-0.1, -0.05) is 32.1 Å². The van der Waals surface area contributed by atoms with Crippen LogP contribution in [0.1, 0.15) is 40.5 Å². The van der Waals surface area contributed by atoms with Gasteiger partial charge >= 0.3 is 0 Å². The van der Waals surface area contributed by atoms with Crippen LogP contribution in [0.4, 0.5) is 0 Å². The molecule has 1 heterocycles. The lowest BCUT2D eigenvalue weighted by Crippen LogP contribution is -2.38. The van der Waals surface area contributed by atoms with Crippen LogP contribution in [0.25, 0.3) is 0 Å². The van der Waals surface area contributed by atoms with Gasteiger partial charge in [0.05, 0.1) is 5.60 Å². The normalized spacial score (nSPS) is 32.1. The van der Waals surface area contributed by atoms with E-state index in [-0.39, 0.29) is 5.60 Å². The van der Waals surface area contributed by atoms with Crippen molar-refractivity contribution in [2.24, 2.45) is 5.92 Å². The van der Waals surface area contributed by atoms with Crippen LogP contribution < -0.4 is 0 Å². The molecule has 1 saturated heterocycles. The second kappa shape index (κ2) is 6.83. The molecule has 1 aliphatic rings. The van der Waals surface area contributed by atoms with E-state index in [1.165, 1.54) is 12.8 Å². The minimum atomic E-state index is -0.134. The van der Waals surface area contributed by atoms with Crippen molar-refractivity contribution < 1.29 is 4.74 Å². The highest BCUT2D eigenvalue weighted by Crippen LogP contribution is 2.32. The molecule has 82 valence electrons. The summed E-state index contributed by atoms with van der Waals surface area (Å²) in [5.41, 5.74) is -0.134. The first kappa shape index (κ1) is 13.4. The highest BCUT2D eigenvalue weighted by molar-refractivity contribution is 5.07. The first-order valence-electron chi connectivity index (χ1n) is 5.63. The minimum absolute atomic E-state index is 0.134. The SMILES string of the molecule is C=CC1(C)OCCCC1/C=C\C.CC. The van der Waals surface area contributed by atoms with Gasteiger partial charge in [0, 0.05) is 12.5 Å². The Morgan fingerprint density at radius 3 is 2.57 bits per heavy atom. The highest BCUT2D eigenvalue weighted by Gasteiger charge is 2.32. The zero-order valence-electron chi connectivity index (χ0n) is 10.0. The fourth-order valence-corrected chi connectivity index (χ4v) is 1.72. The average molecular weight is 196 g/mol. The molecule has 1 heteroatoms. The molecular weight excluding hydrogens is 172 g/mol. The molecule has 0 aromatic rings. The lowest BCUT2D eigenvalue weighted by molar-refractivity contribution is -0.0569. The van der Waals surface area contributed by atoms with E-state index in [0.29, 0.717) is 5.92 Å². The van der Waals surface area contributed by atoms with Gasteiger partial charge in [0.2, 0.25) is 0 Å². The monoisotopic (exact) mass is 196 g/mol. The molecule has 0 amide bonds. The van der Waals surface area contributed by atoms with Crippen molar-refractivity contribution in [1.82, 2.24) is 0 Å². The van der Waals surface area contributed by atoms with E-state index < -0.39 is 0 Å². The van der Waals surface area contributed by atoms with Gasteiger partial charge in [-0.3, -0.25) is 0 Å². The number of rotatable bonds is 2. The van der Waals surface area contributed by atoms with Crippen molar-refractivity contribution in [3.63, 3.8) is 0 Å². The van der Waals surface area contributed by atoms with Crippen molar-refractivity contribution in [1.29, 1.82) is 0 Å². The Bertz CT molecular complexity index is 184. The summed E-state index contributed by atoms with van der Waals surface area (Å²) in [4.78, 5) is 0. The van der Waals surface area contributed by atoms with Gasteiger partial charge in [-0.15, -0.1) is 6.58 Å². The maximum Gasteiger partial charge on any atom is 0.0894 e. The summed E-state index contributed by atoms with van der Waals surface area (Å²) in [6, 6.07) is 0. The Balaban J connectivity index is 0.000000791. The fourth-order valence-electron chi connectivity index (χ4n) is 1.72. The molecule has 1 fully saturated rings. The number of hydrogen-bond acceptors (Lipinski definition) is 1. The molecular formula is C13H24O. The van der Waals surface area contributed by atoms with Gasteiger partial charge < -0.3 is 4.74 Å². The molecule has 2 unspecified atom stereocenters. The lowest BCUT2D eigenvalue weighted by Gasteiger charge is -2.37. The average Bonchev–Trinajstić information content (AvgIpc) is 2.25. The van der Waals surface area contributed by atoms with E-state index in [0.717, 1.165) is 6.61 Å². The smallest absolute Gasteiger partial charge is 0.0894 e. The predicted molar refractivity (Wildman–Crippen MR) is 63.4 cm³/mol. The molecule has 0 saturated carbocycles. The summed E-state index contributed by atoms with van der Waals surface area (Å²) in [5, 5.41) is 0. The van der Waals surface area contributed by atoms with Gasteiger partial charge in [0.25, 0.3) is 0 Å². The Morgan fingerprint density at radius 1 is 1.43 bits per heavy atom. The Kier molecular flexibility index (Phi) is 6.56. The molecule has 0 aliphatic carbocycles. The fraction of sp³-hybridized carbons (Fsp3) is 0.692. The summed E-state index contributed by atoms with van der Waals surface area (Å²) >= 11 is 0. The molecule has 0 aromatic carbocycles. The van der Waals surface area contributed by atoms with Gasteiger partial charge in [-0.2, -0.15) is 0 Å². The summed E-state index contributed by atoms with van der Waals surface area (Å²) in [7, 11) is 0. The molecule has 2 atom stereocenters. The molecule has 0 spiro atoms. The van der Waals surface area contributed by atoms with Crippen LogP contribution in [0.3, 0.4) is 0 Å². The first-order valence-corrected chi connectivity index (χ1v) is 5.63. The first-order chi connectivity index (χ1) is 6.73. The third-order valence-electron chi connectivity index (χ3n) is 2.64. The van der Waals surface area contributed by atoms with Crippen LogP contribution in [0.15, 0.2) is 24.8 Å². The largest absolute Gasteiger partial charge is 0.371 e. The topological polar surface area (TPSA) is 9.23 Å². The maximum atomic E-state index is 5.71. The highest BCUT2D eigenvalue weighted by atomic mass is 16.5. The van der Waals surface area contributed by atoms with Gasteiger partial charge in [-0.25, -0.2) is 0 Å². The van der Waals surface area contributed by atoms with Gasteiger partial charge in [0.1, 0.15) is 0 Å². The molecule has 1 rings (SSSR count). The van der Waals surface area contributed by atoms with Crippen LogP contribution in [-0.2, 0) is 4.74 Å². The van der Waals surface area contributed by atoms with Crippen LogP contribution >= 0.6 is 0 Å². The van der Waals surface area contributed by atoms with E-state index in [1.54, 1.807) is 0 Å². The number of hydrogen-bond donors (Lipinski definition) is 0. The summed E-state index contributed by atoms with van der Waals surface area (Å²) in [6.07, 6.45) is 8.63. The van der Waals surface area contributed by atoms with Crippen molar-refractivity contribution in [3.05, 3.63) is 24.8 Å². The third-order valence-corrected chi connectivity index (χ3v) is 2.64.